The first-order chi connectivity index (χ1) is 15.5. The number of halogens is 3. The van der Waals surface area contributed by atoms with Crippen molar-refractivity contribution in [3.63, 3.8) is 0 Å². The molecule has 1 saturated heterocycles. The number of amides is 1. The number of hydrogen-bond acceptors (Lipinski definition) is 6. The predicted octanol–water partition coefficient (Wildman–Crippen LogP) is 3.66. The number of benzene rings is 1. The number of nitrogens with one attached hydrogen (secondary N) is 1. The first-order valence-corrected chi connectivity index (χ1v) is 11.2. The third-order valence-electron chi connectivity index (χ3n) is 6.29. The minimum absolute atomic E-state index is 0.143. The normalized spacial score (nSPS) is 27.9. The largest absolute Gasteiger partial charge is 0.417 e. The number of pyridine rings is 1. The minimum atomic E-state index is -4.51. The SMILES string of the molecule is CN1C(=O)[C@@H](c2ccc(C(F)(F)F)cn2)[C@@](C)(C2CC(c3cccc(C#N)c3)=CS2)NC1N. The summed E-state index contributed by atoms with van der Waals surface area (Å²) in [5.74, 6) is -1.14. The van der Waals surface area contributed by atoms with Gasteiger partial charge in [0, 0.05) is 24.0 Å². The van der Waals surface area contributed by atoms with Gasteiger partial charge in [-0.3, -0.25) is 20.8 Å². The fourth-order valence-corrected chi connectivity index (χ4v) is 5.66. The Kier molecular flexibility index (Phi) is 5.99. The molecule has 2 aliphatic heterocycles. The summed E-state index contributed by atoms with van der Waals surface area (Å²) in [6, 6.07) is 11.6. The Morgan fingerprint density at radius 3 is 2.73 bits per heavy atom. The number of nitriles is 1. The Hall–Kier alpha value is -2.87. The van der Waals surface area contributed by atoms with Crippen molar-refractivity contribution in [2.75, 3.05) is 7.05 Å². The molecule has 0 bridgehead atoms. The van der Waals surface area contributed by atoms with Crippen LogP contribution in [-0.4, -0.2) is 39.9 Å². The van der Waals surface area contributed by atoms with Crippen LogP contribution in [0.25, 0.3) is 5.57 Å². The molecule has 0 radical (unpaired) electrons. The minimum Gasteiger partial charge on any atom is -0.317 e. The van der Waals surface area contributed by atoms with Crippen molar-refractivity contribution >= 4 is 23.2 Å². The van der Waals surface area contributed by atoms with Gasteiger partial charge < -0.3 is 4.90 Å². The second kappa shape index (κ2) is 8.48. The fraction of sp³-hybridized carbons (Fsp3) is 0.348. The molecule has 2 aliphatic rings. The van der Waals surface area contributed by atoms with Crippen molar-refractivity contribution in [2.45, 2.75) is 42.5 Å². The highest BCUT2D eigenvalue weighted by Gasteiger charge is 2.53. The third-order valence-corrected chi connectivity index (χ3v) is 7.70. The molecule has 3 heterocycles. The number of aromatic nitrogens is 1. The monoisotopic (exact) mass is 473 g/mol. The lowest BCUT2D eigenvalue weighted by Crippen LogP contribution is -2.72. The Morgan fingerprint density at radius 1 is 1.33 bits per heavy atom. The first kappa shape index (κ1) is 23.3. The van der Waals surface area contributed by atoms with Crippen LogP contribution in [0.3, 0.4) is 0 Å². The van der Waals surface area contributed by atoms with E-state index in [0.29, 0.717) is 12.0 Å². The molecule has 4 atom stereocenters. The maximum atomic E-state index is 13.3. The first-order valence-electron chi connectivity index (χ1n) is 10.2. The molecule has 10 heteroatoms. The molecular formula is C23H22F3N5OS. The lowest BCUT2D eigenvalue weighted by Gasteiger charge is -2.50. The van der Waals surface area contributed by atoms with Gasteiger partial charge in [0.1, 0.15) is 6.29 Å². The molecule has 2 aromatic rings. The van der Waals surface area contributed by atoms with Gasteiger partial charge in [0.05, 0.1) is 28.8 Å². The van der Waals surface area contributed by atoms with Gasteiger partial charge in [0.2, 0.25) is 5.91 Å². The smallest absolute Gasteiger partial charge is 0.317 e. The van der Waals surface area contributed by atoms with Gasteiger partial charge in [0.25, 0.3) is 0 Å². The predicted molar refractivity (Wildman–Crippen MR) is 119 cm³/mol. The number of nitrogens with zero attached hydrogens (tertiary/aromatic N) is 3. The second-order valence-electron chi connectivity index (χ2n) is 8.39. The number of carbonyl (C=O) groups is 1. The highest BCUT2D eigenvalue weighted by molar-refractivity contribution is 8.03. The number of alkyl halides is 3. The molecule has 1 fully saturated rings. The zero-order valence-corrected chi connectivity index (χ0v) is 18.7. The standard InChI is InChI=1S/C23H22F3N5OS/c1-22(18-9-15(12-33-18)14-5-3-4-13(8-14)10-27)19(20(32)31(2)21(28)30-22)17-7-6-16(11-29-17)23(24,25)26/h3-8,11-12,18-19,21,30H,9,28H2,1-2H3/t18?,19-,21?,22-/m1/s1. The average Bonchev–Trinajstić information content (AvgIpc) is 3.29. The summed E-state index contributed by atoms with van der Waals surface area (Å²) in [4.78, 5) is 18.7. The summed E-state index contributed by atoms with van der Waals surface area (Å²) in [5, 5.41) is 14.4. The van der Waals surface area contributed by atoms with E-state index in [0.717, 1.165) is 23.4 Å². The van der Waals surface area contributed by atoms with E-state index in [1.54, 1.807) is 13.1 Å². The second-order valence-corrected chi connectivity index (χ2v) is 9.46. The maximum absolute atomic E-state index is 13.3. The molecule has 6 nitrogen and oxygen atoms in total. The van der Waals surface area contributed by atoms with Gasteiger partial charge in [-0.05, 0) is 54.2 Å². The van der Waals surface area contributed by atoms with E-state index in [1.165, 1.54) is 22.7 Å². The van der Waals surface area contributed by atoms with Crippen LogP contribution in [0, 0.1) is 11.3 Å². The van der Waals surface area contributed by atoms with E-state index in [4.69, 9.17) is 5.73 Å². The van der Waals surface area contributed by atoms with Crippen molar-refractivity contribution in [3.05, 3.63) is 70.4 Å². The van der Waals surface area contributed by atoms with E-state index in [9.17, 15) is 23.2 Å². The van der Waals surface area contributed by atoms with E-state index in [-0.39, 0.29) is 16.9 Å². The highest BCUT2D eigenvalue weighted by atomic mass is 32.2. The van der Waals surface area contributed by atoms with E-state index < -0.39 is 29.5 Å². The number of rotatable bonds is 3. The van der Waals surface area contributed by atoms with Gasteiger partial charge in [-0.1, -0.05) is 12.1 Å². The molecule has 2 unspecified atom stereocenters. The summed E-state index contributed by atoms with van der Waals surface area (Å²) in [6.45, 7) is 1.86. The fourth-order valence-electron chi connectivity index (χ4n) is 4.34. The van der Waals surface area contributed by atoms with Crippen molar-refractivity contribution in [3.8, 4) is 6.07 Å². The third kappa shape index (κ3) is 4.24. The van der Waals surface area contributed by atoms with Gasteiger partial charge >= 0.3 is 6.18 Å². The summed E-state index contributed by atoms with van der Waals surface area (Å²) >= 11 is 1.53. The lowest BCUT2D eigenvalue weighted by atomic mass is 9.75. The molecule has 4 rings (SSSR count). The highest BCUT2D eigenvalue weighted by Crippen LogP contribution is 2.48. The Bertz CT molecular complexity index is 1140. The molecule has 0 spiro atoms. The van der Waals surface area contributed by atoms with Gasteiger partial charge in [-0.25, -0.2) is 0 Å². The topological polar surface area (TPSA) is 95.0 Å². The van der Waals surface area contributed by atoms with Crippen molar-refractivity contribution < 1.29 is 18.0 Å². The Morgan fingerprint density at radius 2 is 2.09 bits per heavy atom. The number of allylic oxidation sites excluding steroid dienone is 1. The number of hydrogen-bond donors (Lipinski definition) is 2. The van der Waals surface area contributed by atoms with Crippen LogP contribution >= 0.6 is 11.8 Å². The van der Waals surface area contributed by atoms with Crippen LogP contribution in [0.15, 0.2) is 48.0 Å². The van der Waals surface area contributed by atoms with Gasteiger partial charge in [0.15, 0.2) is 0 Å². The molecular weight excluding hydrogens is 451 g/mol. The van der Waals surface area contributed by atoms with Crippen molar-refractivity contribution in [1.82, 2.24) is 15.2 Å². The molecule has 1 amide bonds. The lowest BCUT2D eigenvalue weighted by molar-refractivity contribution is -0.141. The molecule has 0 aliphatic carbocycles. The zero-order valence-electron chi connectivity index (χ0n) is 17.9. The van der Waals surface area contributed by atoms with Crippen molar-refractivity contribution in [2.24, 2.45) is 5.73 Å². The number of carbonyl (C=O) groups excluding carboxylic acids is 1. The molecule has 0 saturated carbocycles. The maximum Gasteiger partial charge on any atom is 0.417 e. The van der Waals surface area contributed by atoms with Crippen molar-refractivity contribution in [1.29, 1.82) is 5.26 Å². The Balaban J connectivity index is 1.67. The summed E-state index contributed by atoms with van der Waals surface area (Å²) in [6.07, 6.45) is -3.92. The van der Waals surface area contributed by atoms with Crippen LogP contribution in [0.2, 0.25) is 0 Å². The quantitative estimate of drug-likeness (QED) is 0.707. The summed E-state index contributed by atoms with van der Waals surface area (Å²) in [5.41, 5.74) is 7.16. The molecule has 1 aromatic carbocycles. The molecule has 33 heavy (non-hydrogen) atoms. The van der Waals surface area contributed by atoms with Gasteiger partial charge in [-0.2, -0.15) is 18.4 Å². The molecule has 172 valence electrons. The number of nitrogens with two attached hydrogens (primary N) is 1. The Labute approximate surface area is 193 Å². The molecule has 3 N–H and O–H groups in total. The van der Waals surface area contributed by atoms with Crippen LogP contribution < -0.4 is 11.1 Å². The van der Waals surface area contributed by atoms with Crippen LogP contribution in [0.1, 0.15) is 41.6 Å². The van der Waals surface area contributed by atoms with E-state index in [2.05, 4.69) is 16.4 Å². The summed E-state index contributed by atoms with van der Waals surface area (Å²) in [7, 11) is 1.55. The van der Waals surface area contributed by atoms with E-state index >= 15 is 0 Å². The average molecular weight is 474 g/mol. The van der Waals surface area contributed by atoms with Crippen LogP contribution in [-0.2, 0) is 11.0 Å². The van der Waals surface area contributed by atoms with E-state index in [1.807, 2.05) is 30.5 Å². The van der Waals surface area contributed by atoms with Crippen LogP contribution in [0.5, 0.6) is 0 Å². The van der Waals surface area contributed by atoms with Gasteiger partial charge in [-0.15, -0.1) is 11.8 Å². The number of thioether (sulfide) groups is 1. The van der Waals surface area contributed by atoms with Crippen LogP contribution in [0.4, 0.5) is 13.2 Å². The number of likely N-dealkylation sites (N-methyl/N-ethyl adjacent to an activating group) is 1. The zero-order chi connectivity index (χ0) is 24.0. The molecule has 1 aromatic heterocycles. The summed E-state index contributed by atoms with van der Waals surface area (Å²) < 4.78 is 39.1.